The van der Waals surface area contributed by atoms with Crippen molar-refractivity contribution in [2.45, 2.75) is 25.9 Å². The molecule has 0 saturated heterocycles. The number of aliphatic hydroxyl groups is 1. The average Bonchev–Trinajstić information content (AvgIpc) is 2.60. The van der Waals surface area contributed by atoms with Crippen LogP contribution in [-0.2, 0) is 9.59 Å². The van der Waals surface area contributed by atoms with E-state index in [1.807, 2.05) is 12.1 Å². The summed E-state index contributed by atoms with van der Waals surface area (Å²) >= 11 is 0. The topological polar surface area (TPSA) is 78.4 Å². The molecule has 0 aliphatic rings. The smallest absolute Gasteiger partial charge is 0.313 e. The largest absolute Gasteiger partial charge is 0.387 e. The molecule has 5 nitrogen and oxygen atoms in total. The fourth-order valence-corrected chi connectivity index (χ4v) is 2.21. The van der Waals surface area contributed by atoms with Crippen molar-refractivity contribution in [2.75, 3.05) is 11.9 Å². The Morgan fingerprint density at radius 1 is 0.960 bits per heavy atom. The lowest BCUT2D eigenvalue weighted by Gasteiger charge is -2.12. The molecule has 1 unspecified atom stereocenters. The molecule has 0 aliphatic heterocycles. The molecule has 0 heterocycles. The van der Waals surface area contributed by atoms with Crippen molar-refractivity contribution < 1.29 is 19.1 Å². The summed E-state index contributed by atoms with van der Waals surface area (Å²) in [5.41, 5.74) is 2.10. The monoisotopic (exact) mass is 344 g/mol. The van der Waals surface area contributed by atoms with Gasteiger partial charge in [-0.1, -0.05) is 38.1 Å². The second-order valence-electron chi connectivity index (χ2n) is 6.01. The van der Waals surface area contributed by atoms with Crippen molar-refractivity contribution >= 4 is 17.5 Å². The van der Waals surface area contributed by atoms with Gasteiger partial charge in [-0.25, -0.2) is 4.39 Å². The zero-order valence-electron chi connectivity index (χ0n) is 14.1. The lowest BCUT2D eigenvalue weighted by atomic mass is 10.0. The molecular formula is C19H21FN2O3. The molecule has 132 valence electrons. The van der Waals surface area contributed by atoms with Crippen molar-refractivity contribution in [3.05, 3.63) is 65.5 Å². The lowest BCUT2D eigenvalue weighted by Crippen LogP contribution is -2.37. The molecule has 0 saturated carbocycles. The summed E-state index contributed by atoms with van der Waals surface area (Å²) in [6.45, 7) is 3.98. The van der Waals surface area contributed by atoms with Crippen molar-refractivity contribution in [3.63, 3.8) is 0 Å². The number of halogens is 1. The number of amides is 2. The first kappa shape index (κ1) is 18.6. The molecule has 0 spiro atoms. The Morgan fingerprint density at radius 2 is 1.52 bits per heavy atom. The molecule has 0 aliphatic carbocycles. The van der Waals surface area contributed by atoms with Crippen LogP contribution in [0.2, 0.25) is 0 Å². The third kappa shape index (κ3) is 5.39. The predicted octanol–water partition coefficient (Wildman–Crippen LogP) is 2.74. The Hall–Kier alpha value is -2.73. The maximum absolute atomic E-state index is 12.8. The van der Waals surface area contributed by atoms with Crippen LogP contribution in [0.5, 0.6) is 0 Å². The molecular weight excluding hydrogens is 323 g/mol. The van der Waals surface area contributed by atoms with Gasteiger partial charge in [0.05, 0.1) is 6.10 Å². The summed E-state index contributed by atoms with van der Waals surface area (Å²) in [4.78, 5) is 23.7. The standard InChI is InChI=1S/C19H21FN2O3/c1-12(2)13-5-9-16(10-6-13)22-19(25)18(24)21-11-17(23)14-3-7-15(20)8-4-14/h3-10,12,17,23H,11H2,1-2H3,(H,21,24)(H,22,25). The van der Waals surface area contributed by atoms with Crippen molar-refractivity contribution in [2.24, 2.45) is 0 Å². The molecule has 0 aromatic heterocycles. The summed E-state index contributed by atoms with van der Waals surface area (Å²) in [7, 11) is 0. The summed E-state index contributed by atoms with van der Waals surface area (Å²) in [5.74, 6) is -1.71. The normalized spacial score (nSPS) is 11.9. The van der Waals surface area contributed by atoms with Gasteiger partial charge in [0.15, 0.2) is 0 Å². The number of benzene rings is 2. The van der Waals surface area contributed by atoms with Gasteiger partial charge in [0.2, 0.25) is 0 Å². The molecule has 0 bridgehead atoms. The highest BCUT2D eigenvalue weighted by Gasteiger charge is 2.16. The first-order chi connectivity index (χ1) is 11.9. The molecule has 0 fully saturated rings. The molecule has 3 N–H and O–H groups in total. The van der Waals surface area contributed by atoms with E-state index in [1.54, 1.807) is 12.1 Å². The predicted molar refractivity (Wildman–Crippen MR) is 93.5 cm³/mol. The van der Waals surface area contributed by atoms with Gasteiger partial charge in [-0.2, -0.15) is 0 Å². The summed E-state index contributed by atoms with van der Waals surface area (Å²) < 4.78 is 12.8. The molecule has 6 heteroatoms. The highest BCUT2D eigenvalue weighted by molar-refractivity contribution is 6.39. The van der Waals surface area contributed by atoms with Crippen LogP contribution in [0.1, 0.15) is 37.0 Å². The quantitative estimate of drug-likeness (QED) is 0.730. The van der Waals surface area contributed by atoms with Crippen LogP contribution in [0.3, 0.4) is 0 Å². The van der Waals surface area contributed by atoms with E-state index in [2.05, 4.69) is 24.5 Å². The van der Waals surface area contributed by atoms with Gasteiger partial charge in [-0.15, -0.1) is 0 Å². The van der Waals surface area contributed by atoms with Crippen LogP contribution < -0.4 is 10.6 Å². The molecule has 2 aromatic rings. The van der Waals surface area contributed by atoms with Crippen LogP contribution in [0, 0.1) is 5.82 Å². The van der Waals surface area contributed by atoms with Gasteiger partial charge in [0.1, 0.15) is 5.82 Å². The summed E-state index contributed by atoms with van der Waals surface area (Å²) in [6, 6.07) is 12.5. The maximum Gasteiger partial charge on any atom is 0.313 e. The Balaban J connectivity index is 1.85. The van der Waals surface area contributed by atoms with E-state index >= 15 is 0 Å². The fourth-order valence-electron chi connectivity index (χ4n) is 2.21. The number of hydrogen-bond acceptors (Lipinski definition) is 3. The van der Waals surface area contributed by atoms with Crippen molar-refractivity contribution in [1.82, 2.24) is 5.32 Å². The van der Waals surface area contributed by atoms with Crippen LogP contribution in [0.25, 0.3) is 0 Å². The summed E-state index contributed by atoms with van der Waals surface area (Å²) in [6.07, 6.45) is -1.03. The van der Waals surface area contributed by atoms with E-state index in [0.29, 0.717) is 17.2 Å². The number of nitrogens with one attached hydrogen (secondary N) is 2. The van der Waals surface area contributed by atoms with Gasteiger partial charge >= 0.3 is 11.8 Å². The maximum atomic E-state index is 12.8. The average molecular weight is 344 g/mol. The molecule has 2 amide bonds. The van der Waals surface area contributed by atoms with Gasteiger partial charge in [0.25, 0.3) is 0 Å². The Bertz CT molecular complexity index is 727. The van der Waals surface area contributed by atoms with Gasteiger partial charge in [-0.05, 0) is 41.3 Å². The highest BCUT2D eigenvalue weighted by atomic mass is 19.1. The zero-order valence-corrected chi connectivity index (χ0v) is 14.1. The summed E-state index contributed by atoms with van der Waals surface area (Å²) in [5, 5.41) is 14.8. The molecule has 1 atom stereocenters. The minimum absolute atomic E-state index is 0.149. The van der Waals surface area contributed by atoms with E-state index in [9.17, 15) is 19.1 Å². The minimum atomic E-state index is -1.03. The number of anilines is 1. The Morgan fingerprint density at radius 3 is 2.08 bits per heavy atom. The molecule has 25 heavy (non-hydrogen) atoms. The SMILES string of the molecule is CC(C)c1ccc(NC(=O)C(=O)NCC(O)c2ccc(F)cc2)cc1. The number of carbonyl (C=O) groups excluding carboxylic acids is 2. The van der Waals surface area contributed by atoms with Crippen LogP contribution in [-0.4, -0.2) is 23.5 Å². The van der Waals surface area contributed by atoms with Gasteiger partial charge in [0, 0.05) is 12.2 Å². The molecule has 2 rings (SSSR count). The van der Waals surface area contributed by atoms with Gasteiger partial charge in [-0.3, -0.25) is 9.59 Å². The van der Waals surface area contributed by atoms with Crippen molar-refractivity contribution in [3.8, 4) is 0 Å². The first-order valence-corrected chi connectivity index (χ1v) is 7.99. The second kappa shape index (κ2) is 8.39. The van der Waals surface area contributed by atoms with E-state index in [0.717, 1.165) is 5.56 Å². The fraction of sp³-hybridized carbons (Fsp3) is 0.263. The second-order valence-corrected chi connectivity index (χ2v) is 6.01. The minimum Gasteiger partial charge on any atom is -0.387 e. The number of carbonyl (C=O) groups is 2. The van der Waals surface area contributed by atoms with Crippen LogP contribution in [0.15, 0.2) is 48.5 Å². The highest BCUT2D eigenvalue weighted by Crippen LogP contribution is 2.17. The van der Waals surface area contributed by atoms with Crippen LogP contribution >= 0.6 is 0 Å². The molecule has 0 radical (unpaired) electrons. The third-order valence-corrected chi connectivity index (χ3v) is 3.75. The number of hydrogen-bond donors (Lipinski definition) is 3. The van der Waals surface area contributed by atoms with Crippen LogP contribution in [0.4, 0.5) is 10.1 Å². The molecule has 2 aromatic carbocycles. The Kier molecular flexibility index (Phi) is 6.25. The lowest BCUT2D eigenvalue weighted by molar-refractivity contribution is -0.136. The number of aliphatic hydroxyl groups excluding tert-OH is 1. The van der Waals surface area contributed by atoms with E-state index < -0.39 is 23.7 Å². The number of rotatable bonds is 5. The first-order valence-electron chi connectivity index (χ1n) is 7.99. The van der Waals surface area contributed by atoms with E-state index in [1.165, 1.54) is 24.3 Å². The van der Waals surface area contributed by atoms with Gasteiger partial charge < -0.3 is 15.7 Å². The zero-order chi connectivity index (χ0) is 18.4. The van der Waals surface area contributed by atoms with E-state index in [-0.39, 0.29) is 6.54 Å². The van der Waals surface area contributed by atoms with E-state index in [4.69, 9.17) is 0 Å². The van der Waals surface area contributed by atoms with Crippen molar-refractivity contribution in [1.29, 1.82) is 0 Å². The third-order valence-electron chi connectivity index (χ3n) is 3.75. The Labute approximate surface area is 145 Å².